The molecule has 166 valence electrons. The molecule has 0 unspecified atom stereocenters. The highest BCUT2D eigenvalue weighted by Crippen LogP contribution is 2.55. The smallest absolute Gasteiger partial charge is 0.306 e. The number of ether oxygens (including phenoxy) is 1. The Morgan fingerprint density at radius 3 is 1.93 bits per heavy atom. The van der Waals surface area contributed by atoms with E-state index in [4.69, 9.17) is 4.74 Å². The summed E-state index contributed by atoms with van der Waals surface area (Å²) in [4.78, 5) is 51.4. The first-order valence-electron chi connectivity index (χ1n) is 11.3. The van der Waals surface area contributed by atoms with E-state index < -0.39 is 5.97 Å². The zero-order valence-electron chi connectivity index (χ0n) is 17.9. The zero-order chi connectivity index (χ0) is 21.3. The number of hydrogen-bond acceptors (Lipinski definition) is 5. The highest BCUT2D eigenvalue weighted by atomic mass is 16.5. The topological polar surface area (TPSA) is 96.0 Å². The third-order valence-electron chi connectivity index (χ3n) is 7.43. The van der Waals surface area contributed by atoms with Crippen molar-refractivity contribution in [2.45, 2.75) is 63.8 Å². The van der Waals surface area contributed by atoms with E-state index in [-0.39, 0.29) is 42.7 Å². The van der Waals surface area contributed by atoms with Gasteiger partial charge in [-0.25, -0.2) is 0 Å². The van der Waals surface area contributed by atoms with Gasteiger partial charge < -0.3 is 19.9 Å². The number of amides is 3. The van der Waals surface area contributed by atoms with Crippen LogP contribution in [0.3, 0.4) is 0 Å². The Bertz CT molecular complexity index is 678. The molecule has 0 aromatic rings. The summed E-state index contributed by atoms with van der Waals surface area (Å²) < 4.78 is 5.13. The van der Waals surface area contributed by atoms with Crippen molar-refractivity contribution < 1.29 is 23.9 Å². The van der Waals surface area contributed by atoms with Gasteiger partial charge in [0.25, 0.3) is 5.91 Å². The lowest BCUT2D eigenvalue weighted by molar-refractivity contribution is -0.151. The predicted octanol–water partition coefficient (Wildman–Crippen LogP) is 1.09. The molecule has 5 aliphatic rings. The van der Waals surface area contributed by atoms with Gasteiger partial charge in [0.1, 0.15) is 0 Å². The average molecular weight is 420 g/mol. The number of carbonyl (C=O) groups is 4. The Balaban J connectivity index is 1.14. The second kappa shape index (κ2) is 8.55. The average Bonchev–Trinajstić information content (AvgIpc) is 2.69. The number of carbonyl (C=O) groups excluding carboxylic acids is 4. The molecule has 0 radical (unpaired) electrons. The SMILES string of the molecule is CC(=O)N1CCN(C(=O)CCC(=O)OCC(=O)NC23CC4CC(CC(C4)C2)C3)CC1. The molecule has 1 aliphatic heterocycles. The Kier molecular flexibility index (Phi) is 6.02. The van der Waals surface area contributed by atoms with E-state index in [9.17, 15) is 19.2 Å². The maximum Gasteiger partial charge on any atom is 0.306 e. The van der Waals surface area contributed by atoms with Crippen LogP contribution in [0.25, 0.3) is 0 Å². The van der Waals surface area contributed by atoms with Crippen LogP contribution in [0.2, 0.25) is 0 Å². The largest absolute Gasteiger partial charge is 0.456 e. The minimum atomic E-state index is -0.522. The van der Waals surface area contributed by atoms with Gasteiger partial charge in [-0.05, 0) is 56.3 Å². The fraction of sp³-hybridized carbons (Fsp3) is 0.818. The van der Waals surface area contributed by atoms with Crippen LogP contribution in [0.1, 0.15) is 58.3 Å². The molecule has 0 aromatic heterocycles. The minimum absolute atomic E-state index is 0.0116. The number of nitrogens with zero attached hydrogens (tertiary/aromatic N) is 2. The van der Waals surface area contributed by atoms with Gasteiger partial charge in [-0.1, -0.05) is 0 Å². The van der Waals surface area contributed by atoms with Crippen molar-refractivity contribution in [2.24, 2.45) is 17.8 Å². The first-order valence-corrected chi connectivity index (χ1v) is 11.3. The molecule has 0 aromatic carbocycles. The highest BCUT2D eigenvalue weighted by molar-refractivity contribution is 5.84. The minimum Gasteiger partial charge on any atom is -0.456 e. The molecular formula is C22H33N3O5. The molecule has 0 spiro atoms. The van der Waals surface area contributed by atoms with Crippen molar-refractivity contribution in [3.63, 3.8) is 0 Å². The molecule has 8 nitrogen and oxygen atoms in total. The van der Waals surface area contributed by atoms with Gasteiger partial charge in [-0.3, -0.25) is 19.2 Å². The summed E-state index contributed by atoms with van der Waals surface area (Å²) in [6.45, 7) is 3.27. The van der Waals surface area contributed by atoms with Crippen LogP contribution in [-0.2, 0) is 23.9 Å². The second-order valence-corrected chi connectivity index (χ2v) is 9.79. The second-order valence-electron chi connectivity index (χ2n) is 9.79. The van der Waals surface area contributed by atoms with Crippen LogP contribution in [-0.4, -0.2) is 71.8 Å². The van der Waals surface area contributed by atoms with Gasteiger partial charge in [0, 0.05) is 45.1 Å². The van der Waals surface area contributed by atoms with Gasteiger partial charge in [0.15, 0.2) is 6.61 Å². The summed E-state index contributed by atoms with van der Waals surface area (Å²) in [5.74, 6) is 1.36. The van der Waals surface area contributed by atoms with Crippen molar-refractivity contribution >= 4 is 23.7 Å². The van der Waals surface area contributed by atoms with Crippen molar-refractivity contribution in [3.8, 4) is 0 Å². The third-order valence-corrected chi connectivity index (χ3v) is 7.43. The fourth-order valence-electron chi connectivity index (χ4n) is 6.45. The summed E-state index contributed by atoms with van der Waals surface area (Å²) in [7, 11) is 0. The number of rotatable bonds is 6. The molecule has 4 bridgehead atoms. The summed E-state index contributed by atoms with van der Waals surface area (Å²) in [5, 5.41) is 3.19. The maximum atomic E-state index is 12.4. The number of esters is 1. The first kappa shape index (κ1) is 21.1. The Labute approximate surface area is 177 Å². The Morgan fingerprint density at radius 2 is 1.40 bits per heavy atom. The van der Waals surface area contributed by atoms with E-state index in [1.165, 1.54) is 26.2 Å². The molecule has 1 saturated heterocycles. The van der Waals surface area contributed by atoms with Crippen molar-refractivity contribution in [3.05, 3.63) is 0 Å². The molecule has 4 aliphatic carbocycles. The van der Waals surface area contributed by atoms with E-state index in [1.54, 1.807) is 9.80 Å². The van der Waals surface area contributed by atoms with Gasteiger partial charge in [-0.15, -0.1) is 0 Å². The number of hydrogen-bond donors (Lipinski definition) is 1. The Hall–Kier alpha value is -2.12. The molecule has 4 saturated carbocycles. The molecule has 1 heterocycles. The number of piperazine rings is 1. The van der Waals surface area contributed by atoms with Gasteiger partial charge in [0.05, 0.1) is 6.42 Å². The molecule has 3 amide bonds. The quantitative estimate of drug-likeness (QED) is 0.650. The van der Waals surface area contributed by atoms with Crippen molar-refractivity contribution in [2.75, 3.05) is 32.8 Å². The molecular weight excluding hydrogens is 386 g/mol. The molecule has 30 heavy (non-hydrogen) atoms. The van der Waals surface area contributed by atoms with E-state index in [2.05, 4.69) is 5.32 Å². The van der Waals surface area contributed by atoms with Gasteiger partial charge in [-0.2, -0.15) is 0 Å². The summed E-state index contributed by atoms with van der Waals surface area (Å²) in [6.07, 6.45) is 7.13. The summed E-state index contributed by atoms with van der Waals surface area (Å²) in [5.41, 5.74) is -0.0871. The summed E-state index contributed by atoms with van der Waals surface area (Å²) in [6, 6.07) is 0. The van der Waals surface area contributed by atoms with Crippen LogP contribution in [0.5, 0.6) is 0 Å². The zero-order valence-corrected chi connectivity index (χ0v) is 17.9. The van der Waals surface area contributed by atoms with E-state index in [0.29, 0.717) is 26.2 Å². The van der Waals surface area contributed by atoms with Crippen molar-refractivity contribution in [1.29, 1.82) is 0 Å². The molecule has 8 heteroatoms. The maximum absolute atomic E-state index is 12.4. The fourth-order valence-corrected chi connectivity index (χ4v) is 6.45. The third kappa shape index (κ3) is 4.78. The Morgan fingerprint density at radius 1 is 0.867 bits per heavy atom. The van der Waals surface area contributed by atoms with Crippen LogP contribution in [0, 0.1) is 17.8 Å². The normalized spacial score (nSPS) is 32.1. The van der Waals surface area contributed by atoms with Gasteiger partial charge >= 0.3 is 5.97 Å². The summed E-state index contributed by atoms with van der Waals surface area (Å²) >= 11 is 0. The van der Waals surface area contributed by atoms with E-state index >= 15 is 0 Å². The van der Waals surface area contributed by atoms with Gasteiger partial charge in [0.2, 0.25) is 11.8 Å². The lowest BCUT2D eigenvalue weighted by Crippen LogP contribution is -2.60. The lowest BCUT2D eigenvalue weighted by atomic mass is 9.53. The predicted molar refractivity (Wildman–Crippen MR) is 108 cm³/mol. The lowest BCUT2D eigenvalue weighted by Gasteiger charge is -2.56. The van der Waals surface area contributed by atoms with Crippen LogP contribution in [0.15, 0.2) is 0 Å². The molecule has 1 N–H and O–H groups in total. The highest BCUT2D eigenvalue weighted by Gasteiger charge is 2.51. The molecule has 5 fully saturated rings. The van der Waals surface area contributed by atoms with E-state index in [1.807, 2.05) is 0 Å². The molecule has 0 atom stereocenters. The molecule has 5 rings (SSSR count). The van der Waals surface area contributed by atoms with Crippen LogP contribution < -0.4 is 5.32 Å². The van der Waals surface area contributed by atoms with Crippen LogP contribution >= 0.6 is 0 Å². The van der Waals surface area contributed by atoms with Crippen LogP contribution in [0.4, 0.5) is 0 Å². The standard InChI is InChI=1S/C22H33N3O5/c1-15(26)24-4-6-25(7-5-24)20(28)2-3-21(29)30-14-19(27)23-22-11-16-8-17(12-22)10-18(9-16)13-22/h16-18H,2-14H2,1H3,(H,23,27). The van der Waals surface area contributed by atoms with Crippen molar-refractivity contribution in [1.82, 2.24) is 15.1 Å². The van der Waals surface area contributed by atoms with E-state index in [0.717, 1.165) is 37.0 Å². The monoisotopic (exact) mass is 419 g/mol. The number of nitrogens with one attached hydrogen (secondary N) is 1. The first-order chi connectivity index (χ1) is 14.3.